The van der Waals surface area contributed by atoms with Crippen LogP contribution in [0.3, 0.4) is 0 Å². The van der Waals surface area contributed by atoms with Crippen molar-refractivity contribution < 1.29 is 32.5 Å². The maximum atomic E-state index is 12.5. The molecule has 202 valence electrons. The van der Waals surface area contributed by atoms with Crippen molar-refractivity contribution in [2.24, 2.45) is 4.99 Å². The van der Waals surface area contributed by atoms with Crippen LogP contribution >= 0.6 is 21.6 Å². The van der Waals surface area contributed by atoms with Gasteiger partial charge in [-0.25, -0.2) is 15.0 Å². The Morgan fingerprint density at radius 2 is 2.24 bits per heavy atom. The molecule has 3 rings (SSSR count). The SMILES string of the molecule is CSS[C@@H](C)OC1C[C@H](n2cc(C#CCNC(=O)C(F)(F)F)c3c(/N=C/N(C)C)ncnc32)O[C@@H]1CO. The van der Waals surface area contributed by atoms with E-state index in [1.54, 1.807) is 63.0 Å². The summed E-state index contributed by atoms with van der Waals surface area (Å²) in [7, 11) is 6.69. The molecule has 1 amide bonds. The van der Waals surface area contributed by atoms with Gasteiger partial charge >= 0.3 is 12.1 Å². The van der Waals surface area contributed by atoms with Crippen LogP contribution in [0.5, 0.6) is 0 Å². The highest BCUT2D eigenvalue weighted by molar-refractivity contribution is 8.76. The second-order valence-corrected chi connectivity index (χ2v) is 10.9. The van der Waals surface area contributed by atoms with Crippen molar-refractivity contribution >= 4 is 50.7 Å². The molecule has 0 aliphatic carbocycles. The molecule has 2 aromatic rings. The number of rotatable bonds is 9. The first-order chi connectivity index (χ1) is 17.5. The van der Waals surface area contributed by atoms with E-state index in [9.17, 15) is 23.1 Å². The highest BCUT2D eigenvalue weighted by atomic mass is 33.1. The lowest BCUT2D eigenvalue weighted by atomic mass is 10.2. The maximum Gasteiger partial charge on any atom is 0.471 e. The average Bonchev–Trinajstić information content (AvgIpc) is 3.41. The highest BCUT2D eigenvalue weighted by Crippen LogP contribution is 2.38. The Hall–Kier alpha value is -2.51. The molecule has 37 heavy (non-hydrogen) atoms. The van der Waals surface area contributed by atoms with Crippen molar-refractivity contribution in [3.05, 3.63) is 18.1 Å². The number of aliphatic hydroxyl groups is 1. The number of aliphatic hydroxyl groups excluding tert-OH is 1. The van der Waals surface area contributed by atoms with Crippen LogP contribution in [-0.2, 0) is 14.3 Å². The molecular weight excluding hydrogens is 533 g/mol. The summed E-state index contributed by atoms with van der Waals surface area (Å²) in [4.78, 5) is 25.8. The third kappa shape index (κ3) is 7.51. The van der Waals surface area contributed by atoms with Crippen LogP contribution < -0.4 is 5.32 Å². The number of nitrogens with zero attached hydrogens (tertiary/aromatic N) is 5. The summed E-state index contributed by atoms with van der Waals surface area (Å²) in [5, 5.41) is 12.0. The van der Waals surface area contributed by atoms with E-state index in [1.807, 2.05) is 13.2 Å². The Balaban J connectivity index is 1.96. The lowest BCUT2D eigenvalue weighted by Gasteiger charge is -2.20. The van der Waals surface area contributed by atoms with Gasteiger partial charge in [0.05, 0.1) is 36.5 Å². The van der Waals surface area contributed by atoms with Gasteiger partial charge in [0.2, 0.25) is 0 Å². The summed E-state index contributed by atoms with van der Waals surface area (Å²) in [6.07, 6.45) is 0.409. The molecule has 1 saturated heterocycles. The predicted octanol–water partition coefficient (Wildman–Crippen LogP) is 2.70. The van der Waals surface area contributed by atoms with Crippen LogP contribution in [0, 0.1) is 11.8 Å². The molecule has 2 N–H and O–H groups in total. The number of carbonyl (C=O) groups excluding carboxylic acids is 1. The summed E-state index contributed by atoms with van der Waals surface area (Å²) >= 11 is 0. The van der Waals surface area contributed by atoms with E-state index in [1.165, 1.54) is 6.33 Å². The first-order valence-electron chi connectivity index (χ1n) is 11.1. The fraction of sp³-hybridized carbons (Fsp3) is 0.545. The Morgan fingerprint density at radius 1 is 1.49 bits per heavy atom. The number of fused-ring (bicyclic) bond motifs is 1. The topological polar surface area (TPSA) is 114 Å². The Morgan fingerprint density at radius 3 is 2.89 bits per heavy atom. The van der Waals surface area contributed by atoms with E-state index >= 15 is 0 Å². The molecule has 0 radical (unpaired) electrons. The third-order valence-electron chi connectivity index (χ3n) is 5.09. The zero-order valence-electron chi connectivity index (χ0n) is 20.5. The van der Waals surface area contributed by atoms with E-state index in [4.69, 9.17) is 9.47 Å². The minimum atomic E-state index is -4.99. The van der Waals surface area contributed by atoms with Gasteiger partial charge in [0.1, 0.15) is 29.7 Å². The number of aliphatic imine (C=N–C) groups is 1. The molecule has 2 aromatic heterocycles. The normalized spacial score (nSPS) is 20.7. The summed E-state index contributed by atoms with van der Waals surface area (Å²) in [6, 6.07) is 0. The molecule has 1 aliphatic heterocycles. The minimum Gasteiger partial charge on any atom is -0.394 e. The van der Waals surface area contributed by atoms with Gasteiger partial charge < -0.3 is 29.4 Å². The fourth-order valence-electron chi connectivity index (χ4n) is 3.60. The van der Waals surface area contributed by atoms with Crippen molar-refractivity contribution in [2.45, 2.75) is 43.4 Å². The Labute approximate surface area is 219 Å². The molecule has 1 unspecified atom stereocenters. The monoisotopic (exact) mass is 560 g/mol. The first kappa shape index (κ1) is 29.1. The molecular formula is C22H27F3N6O4S2. The van der Waals surface area contributed by atoms with Crippen LogP contribution in [0.1, 0.15) is 25.1 Å². The molecule has 0 bridgehead atoms. The summed E-state index contributed by atoms with van der Waals surface area (Å²) in [5.74, 6) is 3.56. The van der Waals surface area contributed by atoms with Gasteiger partial charge in [-0.3, -0.25) is 4.79 Å². The van der Waals surface area contributed by atoms with Crippen molar-refractivity contribution in [1.82, 2.24) is 24.8 Å². The van der Waals surface area contributed by atoms with E-state index in [2.05, 4.69) is 26.8 Å². The lowest BCUT2D eigenvalue weighted by molar-refractivity contribution is -0.173. The van der Waals surface area contributed by atoms with Crippen LogP contribution in [-0.4, -0.2) is 94.1 Å². The number of ether oxygens (including phenoxy) is 2. The molecule has 0 saturated carbocycles. The van der Waals surface area contributed by atoms with Crippen molar-refractivity contribution in [3.63, 3.8) is 0 Å². The van der Waals surface area contributed by atoms with E-state index in [0.717, 1.165) is 0 Å². The predicted molar refractivity (Wildman–Crippen MR) is 136 cm³/mol. The number of aromatic nitrogens is 3. The van der Waals surface area contributed by atoms with E-state index in [-0.39, 0.29) is 18.1 Å². The second-order valence-electron chi connectivity index (χ2n) is 8.09. The van der Waals surface area contributed by atoms with Crippen LogP contribution in [0.25, 0.3) is 11.0 Å². The average molecular weight is 561 g/mol. The highest BCUT2D eigenvalue weighted by Gasteiger charge is 2.39. The number of halogens is 3. The number of hydrogen-bond acceptors (Lipinski definition) is 9. The molecule has 15 heteroatoms. The smallest absolute Gasteiger partial charge is 0.394 e. The summed E-state index contributed by atoms with van der Waals surface area (Å²) in [6.45, 7) is 1.17. The van der Waals surface area contributed by atoms with Crippen LogP contribution in [0.15, 0.2) is 17.5 Å². The van der Waals surface area contributed by atoms with Gasteiger partial charge in [0.15, 0.2) is 5.82 Å². The largest absolute Gasteiger partial charge is 0.471 e. The number of alkyl halides is 3. The molecule has 0 spiro atoms. The van der Waals surface area contributed by atoms with Gasteiger partial charge in [-0.2, -0.15) is 13.2 Å². The molecule has 4 atom stereocenters. The zero-order valence-corrected chi connectivity index (χ0v) is 22.2. The molecule has 0 aromatic carbocycles. The quantitative estimate of drug-likeness (QED) is 0.157. The van der Waals surface area contributed by atoms with Gasteiger partial charge in [-0.1, -0.05) is 33.4 Å². The second kappa shape index (κ2) is 12.8. The molecule has 10 nitrogen and oxygen atoms in total. The van der Waals surface area contributed by atoms with Crippen molar-refractivity contribution in [1.29, 1.82) is 0 Å². The summed E-state index contributed by atoms with van der Waals surface area (Å²) < 4.78 is 51.2. The first-order valence-corrected chi connectivity index (χ1v) is 13.7. The van der Waals surface area contributed by atoms with Crippen LogP contribution in [0.2, 0.25) is 0 Å². The van der Waals surface area contributed by atoms with Gasteiger partial charge in [-0.15, -0.1) is 0 Å². The Kier molecular flexibility index (Phi) is 10.1. The number of carbonyl (C=O) groups is 1. The van der Waals surface area contributed by atoms with Gasteiger partial charge in [-0.05, 0) is 13.2 Å². The lowest BCUT2D eigenvalue weighted by Crippen LogP contribution is -2.36. The standard InChI is InChI=1S/C22H27F3N6O4S2/c1-13(37-36-4)34-15-8-17(35-16(15)10-32)31-9-14(6-5-7-26-21(33)22(23,24)25)18-19(29-12-30(2)3)27-11-28-20(18)31/h9,11-13,15-17,32H,7-8,10H2,1-4H3,(H,26,33)/b29-12+/t13-,15?,16+,17+/m0/s1. The number of nitrogens with one attached hydrogen (secondary N) is 1. The van der Waals surface area contributed by atoms with E-state index in [0.29, 0.717) is 28.8 Å². The summed E-state index contributed by atoms with van der Waals surface area (Å²) in [5.41, 5.74) is 0.710. The Bertz CT molecular complexity index is 1180. The van der Waals surface area contributed by atoms with Gasteiger partial charge in [0, 0.05) is 26.7 Å². The fourth-order valence-corrected chi connectivity index (χ4v) is 5.01. The zero-order chi connectivity index (χ0) is 27.2. The van der Waals surface area contributed by atoms with Gasteiger partial charge in [0.25, 0.3) is 0 Å². The molecule has 3 heterocycles. The number of hydrogen-bond donors (Lipinski definition) is 2. The van der Waals surface area contributed by atoms with Crippen molar-refractivity contribution in [3.8, 4) is 11.8 Å². The third-order valence-corrected chi connectivity index (χ3v) is 7.05. The van der Waals surface area contributed by atoms with Crippen molar-refractivity contribution in [2.75, 3.05) is 33.5 Å². The molecule has 1 fully saturated rings. The molecule has 1 aliphatic rings. The van der Waals surface area contributed by atoms with Crippen LogP contribution in [0.4, 0.5) is 19.0 Å². The van der Waals surface area contributed by atoms with E-state index < -0.39 is 31.0 Å². The maximum absolute atomic E-state index is 12.5. The number of amides is 1. The minimum absolute atomic E-state index is 0.125.